The van der Waals surface area contributed by atoms with E-state index in [1.807, 2.05) is 33.3 Å². The quantitative estimate of drug-likeness (QED) is 0.163. The first-order valence-electron chi connectivity index (χ1n) is 12.1. The Hall–Kier alpha value is -1.48. The molecule has 0 amide bonds. The third-order valence-electron chi connectivity index (χ3n) is 5.22. The molecule has 0 bridgehead atoms. The van der Waals surface area contributed by atoms with Gasteiger partial charge in [-0.1, -0.05) is 58.6 Å². The molecule has 0 aliphatic carbocycles. The predicted molar refractivity (Wildman–Crippen MR) is 136 cm³/mol. The van der Waals surface area contributed by atoms with Crippen LogP contribution in [-0.2, 0) is 23.8 Å². The van der Waals surface area contributed by atoms with Crippen LogP contribution in [0.2, 0.25) is 0 Å². The second-order valence-electron chi connectivity index (χ2n) is 10.8. The lowest BCUT2D eigenvalue weighted by Gasteiger charge is -2.29. The topological polar surface area (TPSA) is 132 Å². The summed E-state index contributed by atoms with van der Waals surface area (Å²) in [6, 6.07) is 8.28. The molecule has 1 aromatic carbocycles. The van der Waals surface area contributed by atoms with Crippen molar-refractivity contribution in [2.24, 2.45) is 0 Å². The summed E-state index contributed by atoms with van der Waals surface area (Å²) in [5, 5.41) is 9.02. The van der Waals surface area contributed by atoms with Crippen molar-refractivity contribution in [1.29, 1.82) is 0 Å². The summed E-state index contributed by atoms with van der Waals surface area (Å²) < 4.78 is 28.6. The van der Waals surface area contributed by atoms with Crippen LogP contribution in [0.3, 0.4) is 0 Å². The highest BCUT2D eigenvalue weighted by Crippen LogP contribution is 2.45. The van der Waals surface area contributed by atoms with Crippen LogP contribution in [0.5, 0.6) is 5.75 Å². The number of rotatable bonds is 17. The zero-order valence-electron chi connectivity index (χ0n) is 22.2. The van der Waals surface area contributed by atoms with Crippen LogP contribution in [0.15, 0.2) is 24.3 Å². The van der Waals surface area contributed by atoms with E-state index in [1.54, 1.807) is 0 Å². The van der Waals surface area contributed by atoms with Crippen molar-refractivity contribution in [1.82, 2.24) is 0 Å². The van der Waals surface area contributed by atoms with E-state index in [2.05, 4.69) is 32.9 Å². The number of unbranched alkanes of at least 4 members (excludes halogenated alkanes) is 5. The molecule has 204 valence electrons. The number of carbonyl (C=O) groups is 1. The van der Waals surface area contributed by atoms with Crippen molar-refractivity contribution >= 4 is 13.8 Å². The van der Waals surface area contributed by atoms with Crippen LogP contribution in [-0.4, -0.2) is 72.9 Å². The number of carboxylic acids is 1. The zero-order valence-corrected chi connectivity index (χ0v) is 23.1. The van der Waals surface area contributed by atoms with E-state index in [-0.39, 0.29) is 30.5 Å². The monoisotopic (exact) mass is 519 g/mol. The number of aliphatic carboxylic acids is 1. The fraction of sp³-hybridized carbons (Fsp3) is 0.720. The Labute approximate surface area is 210 Å². The Kier molecular flexibility index (Phi) is 14.9. The molecule has 3 N–H and O–H groups in total. The van der Waals surface area contributed by atoms with Crippen LogP contribution < -0.4 is 4.74 Å². The Morgan fingerprint density at radius 2 is 1.49 bits per heavy atom. The van der Waals surface area contributed by atoms with E-state index < -0.39 is 19.9 Å². The van der Waals surface area contributed by atoms with Gasteiger partial charge in [-0.2, -0.15) is 0 Å². The Balaban J connectivity index is 0.0000116. The normalized spacial score (nSPS) is 14.6. The number of carboxylic acid groups (broad SMARTS) is 1. The van der Waals surface area contributed by atoms with Crippen molar-refractivity contribution in [3.05, 3.63) is 29.8 Å². The lowest BCUT2D eigenvalue weighted by atomic mass is 9.87. The van der Waals surface area contributed by atoms with Gasteiger partial charge in [0.05, 0.1) is 40.8 Å². The Bertz CT molecular complexity index is 771. The van der Waals surface area contributed by atoms with E-state index in [4.69, 9.17) is 18.9 Å². The number of hydrogen-bond donors (Lipinski definition) is 2. The molecule has 0 heterocycles. The predicted octanol–water partition coefficient (Wildman–Crippen LogP) is 5.21. The van der Waals surface area contributed by atoms with Crippen LogP contribution in [0.1, 0.15) is 71.3 Å². The van der Waals surface area contributed by atoms with Gasteiger partial charge < -0.3 is 24.7 Å². The van der Waals surface area contributed by atoms with Gasteiger partial charge in [-0.05, 0) is 36.0 Å². The van der Waals surface area contributed by atoms with E-state index in [0.29, 0.717) is 17.5 Å². The minimum Gasteiger partial charge on any atom is -0.870 e. The largest absolute Gasteiger partial charge is 0.870 e. The van der Waals surface area contributed by atoms with Crippen LogP contribution in [0.4, 0.5) is 0 Å². The summed E-state index contributed by atoms with van der Waals surface area (Å²) in [6.07, 6.45) is 4.38. The van der Waals surface area contributed by atoms with Gasteiger partial charge in [0.1, 0.15) is 18.4 Å². The maximum Gasteiger partial charge on any atom is 0.472 e. The average molecular weight is 520 g/mol. The molecule has 0 aromatic heterocycles. The molecule has 10 heteroatoms. The minimum atomic E-state index is -4.29. The van der Waals surface area contributed by atoms with Crippen molar-refractivity contribution in [3.63, 3.8) is 0 Å². The van der Waals surface area contributed by atoms with Crippen LogP contribution in [0, 0.1) is 0 Å². The number of quaternary nitrogens is 1. The van der Waals surface area contributed by atoms with Gasteiger partial charge in [0.2, 0.25) is 0 Å². The fourth-order valence-corrected chi connectivity index (χ4v) is 4.43. The molecule has 0 spiro atoms. The van der Waals surface area contributed by atoms with Gasteiger partial charge >= 0.3 is 13.8 Å². The fourth-order valence-electron chi connectivity index (χ4n) is 3.49. The van der Waals surface area contributed by atoms with Crippen molar-refractivity contribution in [3.8, 4) is 5.75 Å². The second kappa shape index (κ2) is 15.6. The van der Waals surface area contributed by atoms with Gasteiger partial charge in [-0.25, -0.2) is 4.57 Å². The zero-order chi connectivity index (χ0) is 25.8. The molecule has 35 heavy (non-hydrogen) atoms. The van der Waals surface area contributed by atoms with Gasteiger partial charge in [-0.3, -0.25) is 13.8 Å². The van der Waals surface area contributed by atoms with Crippen molar-refractivity contribution in [2.75, 3.05) is 40.9 Å². The average Bonchev–Trinajstić information content (AvgIpc) is 2.66. The number of nitrogens with zero attached hydrogens (tertiary/aromatic N) is 1. The number of ether oxygens (including phenoxy) is 1. The highest BCUT2D eigenvalue weighted by atomic mass is 31.2. The van der Waals surface area contributed by atoms with E-state index in [9.17, 15) is 14.3 Å². The Morgan fingerprint density at radius 3 is 1.97 bits per heavy atom. The number of hydrogen-bond acceptors (Lipinski definition) is 6. The third-order valence-corrected chi connectivity index (χ3v) is 6.29. The maximum atomic E-state index is 12.2. The molecule has 0 aliphatic heterocycles. The first kappa shape index (κ1) is 33.5. The lowest BCUT2D eigenvalue weighted by molar-refractivity contribution is -0.873. The molecule has 0 fully saturated rings. The molecule has 0 saturated heterocycles. The summed E-state index contributed by atoms with van der Waals surface area (Å²) in [4.78, 5) is 21.0. The highest BCUT2D eigenvalue weighted by Gasteiger charge is 2.31. The SMILES string of the molecule is CC(C)(C)c1ccc(OCCCCCCCCOP(=O)(O)O[C@H](CC(=O)O)C[N+](C)(C)C)cc1.[OH-]. The first-order chi connectivity index (χ1) is 15.7. The molecule has 1 unspecified atom stereocenters. The second-order valence-corrected chi connectivity index (χ2v) is 12.3. The number of phosphoric acid groups is 1. The summed E-state index contributed by atoms with van der Waals surface area (Å²) in [5.74, 6) is -0.185. The lowest BCUT2D eigenvalue weighted by Crippen LogP contribution is -2.42. The van der Waals surface area contributed by atoms with E-state index in [1.165, 1.54) is 5.56 Å². The molecular formula is C25H46NO8P. The first-order valence-corrected chi connectivity index (χ1v) is 13.6. The molecule has 1 rings (SSSR count). The number of benzene rings is 1. The number of likely N-dealkylation sites (N-methyl/N-ethyl adjacent to an activating group) is 1. The molecule has 0 saturated carbocycles. The summed E-state index contributed by atoms with van der Waals surface area (Å²) >= 11 is 0. The molecule has 0 radical (unpaired) electrons. The van der Waals surface area contributed by atoms with Crippen molar-refractivity contribution in [2.45, 2.75) is 77.2 Å². The van der Waals surface area contributed by atoms with Gasteiger partial charge in [0.25, 0.3) is 0 Å². The standard InChI is InChI=1S/C25H44NO7P.H2O/c1-25(2,3)21-13-15-22(16-14-21)31-17-11-9-7-8-10-12-18-32-34(29,30)33-23(19-24(27)28)20-26(4,5)6;/h13-16,23H,7-12,17-20H2,1-6H3,(H-,27,28,29,30);1H2/t23-;/m1./s1. The van der Waals surface area contributed by atoms with Gasteiger partial charge in [0.15, 0.2) is 0 Å². The summed E-state index contributed by atoms with van der Waals surface area (Å²) in [7, 11) is 1.28. The number of phosphoric ester groups is 1. The van der Waals surface area contributed by atoms with Gasteiger partial charge in [-0.15, -0.1) is 0 Å². The summed E-state index contributed by atoms with van der Waals surface area (Å²) in [6.45, 7) is 7.65. The van der Waals surface area contributed by atoms with Gasteiger partial charge in [0, 0.05) is 0 Å². The molecule has 9 nitrogen and oxygen atoms in total. The van der Waals surface area contributed by atoms with Crippen LogP contribution in [0.25, 0.3) is 0 Å². The maximum absolute atomic E-state index is 12.2. The summed E-state index contributed by atoms with van der Waals surface area (Å²) in [5.41, 5.74) is 1.43. The third kappa shape index (κ3) is 16.8. The van der Waals surface area contributed by atoms with Crippen molar-refractivity contribution < 1.29 is 43.1 Å². The van der Waals surface area contributed by atoms with E-state index in [0.717, 1.165) is 37.9 Å². The van der Waals surface area contributed by atoms with Crippen LogP contribution >= 0.6 is 7.82 Å². The minimum absolute atomic E-state index is 0. The molecule has 0 aliphatic rings. The Morgan fingerprint density at radius 1 is 0.971 bits per heavy atom. The molecule has 1 aromatic rings. The smallest absolute Gasteiger partial charge is 0.472 e. The molecular weight excluding hydrogens is 473 g/mol. The molecule has 2 atom stereocenters. The van der Waals surface area contributed by atoms with E-state index >= 15 is 0 Å². The highest BCUT2D eigenvalue weighted by molar-refractivity contribution is 7.47.